The summed E-state index contributed by atoms with van der Waals surface area (Å²) in [7, 11) is 0.967. The van der Waals surface area contributed by atoms with Crippen LogP contribution in [0.15, 0.2) is 60.7 Å². The Morgan fingerprint density at radius 3 is 1.84 bits per heavy atom. The van der Waals surface area contributed by atoms with Crippen molar-refractivity contribution < 1.29 is 42.1 Å². The predicted molar refractivity (Wildman–Crippen MR) is 135 cm³/mol. The lowest BCUT2D eigenvalue weighted by molar-refractivity contribution is -0.315. The second kappa shape index (κ2) is 12.8. The summed E-state index contributed by atoms with van der Waals surface area (Å²) in [6.45, 7) is 6.03. The molecule has 1 aliphatic rings. The van der Waals surface area contributed by atoms with E-state index in [9.17, 15) is 9.59 Å². The van der Waals surface area contributed by atoms with E-state index >= 15 is 8.78 Å². The number of esters is 2. The van der Waals surface area contributed by atoms with Gasteiger partial charge in [-0.3, -0.25) is 0 Å². The topological polar surface area (TPSA) is 80.3 Å². The van der Waals surface area contributed by atoms with E-state index in [2.05, 4.69) is 4.74 Å². The molecule has 0 saturated carbocycles. The zero-order valence-electron chi connectivity index (χ0n) is 22.4. The number of carbonyl (C=O) groups is 2. The molecule has 1 heterocycles. The fraction of sp³-hybridized carbons (Fsp3) is 0.517. The lowest BCUT2D eigenvalue weighted by Gasteiger charge is -2.50. The molecule has 1 fully saturated rings. The third-order valence-corrected chi connectivity index (χ3v) is 6.88. The van der Waals surface area contributed by atoms with Crippen LogP contribution in [0.25, 0.3) is 0 Å². The number of hydrogen-bond acceptors (Lipinski definition) is 7. The Balaban J connectivity index is 1.96. The number of halogens is 2. The molecular weight excluding hydrogens is 498 g/mol. The van der Waals surface area contributed by atoms with Crippen LogP contribution >= 0.6 is 0 Å². The van der Waals surface area contributed by atoms with E-state index in [1.807, 2.05) is 74.5 Å². The van der Waals surface area contributed by atoms with Gasteiger partial charge < -0.3 is 23.7 Å². The van der Waals surface area contributed by atoms with Crippen molar-refractivity contribution in [2.75, 3.05) is 7.11 Å². The highest BCUT2D eigenvalue weighted by Crippen LogP contribution is 2.44. The number of ether oxygens (including phenoxy) is 5. The van der Waals surface area contributed by atoms with Gasteiger partial charge in [0.1, 0.15) is 6.10 Å². The molecular formula is C29H36F2O7. The summed E-state index contributed by atoms with van der Waals surface area (Å²) < 4.78 is 60.2. The van der Waals surface area contributed by atoms with Crippen molar-refractivity contribution >= 4 is 11.9 Å². The quantitative estimate of drug-likeness (QED) is 0.310. The molecule has 0 aliphatic carbocycles. The first-order valence-electron chi connectivity index (χ1n) is 12.7. The van der Waals surface area contributed by atoms with Crippen molar-refractivity contribution in [3.8, 4) is 0 Å². The SMILES string of the molecule is CC[C@H]1O[C@@H](C(F)(F)C(C)(C)OC(=O)C(=O)OC)[C@H](OCc2ccccc2)[C@@H](OCc2ccccc2)[C@H]1C. The molecule has 0 N–H and O–H groups in total. The van der Waals surface area contributed by atoms with Gasteiger partial charge in [0, 0.05) is 5.92 Å². The third-order valence-electron chi connectivity index (χ3n) is 6.88. The van der Waals surface area contributed by atoms with E-state index in [0.29, 0.717) is 6.42 Å². The first-order valence-corrected chi connectivity index (χ1v) is 12.7. The van der Waals surface area contributed by atoms with Crippen molar-refractivity contribution in [3.63, 3.8) is 0 Å². The van der Waals surface area contributed by atoms with Gasteiger partial charge in [-0.05, 0) is 31.4 Å². The fourth-order valence-electron chi connectivity index (χ4n) is 4.56. The molecule has 0 unspecified atom stereocenters. The van der Waals surface area contributed by atoms with Crippen LogP contribution < -0.4 is 0 Å². The smallest absolute Gasteiger partial charge is 0.418 e. The molecule has 2 aromatic rings. The number of benzene rings is 2. The Kier molecular flexibility index (Phi) is 9.98. The lowest BCUT2D eigenvalue weighted by Crippen LogP contribution is -2.66. The van der Waals surface area contributed by atoms with E-state index in [1.165, 1.54) is 0 Å². The molecule has 1 aliphatic heterocycles. The van der Waals surface area contributed by atoms with Gasteiger partial charge in [0.05, 0.1) is 32.5 Å². The Morgan fingerprint density at radius 1 is 0.868 bits per heavy atom. The van der Waals surface area contributed by atoms with E-state index in [0.717, 1.165) is 32.1 Å². The van der Waals surface area contributed by atoms with E-state index in [-0.39, 0.29) is 19.1 Å². The van der Waals surface area contributed by atoms with Gasteiger partial charge in [0.25, 0.3) is 0 Å². The zero-order chi connectivity index (χ0) is 27.9. The van der Waals surface area contributed by atoms with Crippen molar-refractivity contribution in [2.45, 2.75) is 83.3 Å². The van der Waals surface area contributed by atoms with Crippen LogP contribution in [-0.2, 0) is 46.5 Å². The number of alkyl halides is 2. The average Bonchev–Trinajstić information content (AvgIpc) is 2.91. The molecule has 0 bridgehead atoms. The van der Waals surface area contributed by atoms with Crippen molar-refractivity contribution in [3.05, 3.63) is 71.8 Å². The number of methoxy groups -OCH3 is 1. The van der Waals surface area contributed by atoms with Crippen LogP contribution in [0.4, 0.5) is 8.78 Å². The first kappa shape index (κ1) is 29.7. The second-order valence-electron chi connectivity index (χ2n) is 9.90. The number of hydrogen-bond donors (Lipinski definition) is 0. The predicted octanol–water partition coefficient (Wildman–Crippen LogP) is 5.10. The zero-order valence-corrected chi connectivity index (χ0v) is 22.4. The summed E-state index contributed by atoms with van der Waals surface area (Å²) in [6, 6.07) is 18.6. The van der Waals surface area contributed by atoms with Crippen LogP contribution in [0.3, 0.4) is 0 Å². The highest BCUT2D eigenvalue weighted by molar-refractivity contribution is 6.29. The van der Waals surface area contributed by atoms with Gasteiger partial charge in [-0.1, -0.05) is 74.5 Å². The van der Waals surface area contributed by atoms with Crippen molar-refractivity contribution in [2.24, 2.45) is 5.92 Å². The monoisotopic (exact) mass is 534 g/mol. The fourth-order valence-corrected chi connectivity index (χ4v) is 4.56. The molecule has 2 aromatic carbocycles. The van der Waals surface area contributed by atoms with Crippen LogP contribution in [-0.4, -0.2) is 55.0 Å². The highest BCUT2D eigenvalue weighted by Gasteiger charge is 2.63. The Morgan fingerprint density at radius 2 is 1.37 bits per heavy atom. The minimum atomic E-state index is -3.78. The molecule has 38 heavy (non-hydrogen) atoms. The van der Waals surface area contributed by atoms with Crippen molar-refractivity contribution in [1.29, 1.82) is 0 Å². The van der Waals surface area contributed by atoms with Gasteiger partial charge in [0.2, 0.25) is 0 Å². The standard InChI is InChI=1S/C29H36F2O7/c1-6-22-19(2)23(35-17-20-13-9-7-10-14-20)24(36-18-21-15-11-8-12-16-21)25(37-22)29(30,31)28(3,4)38-27(33)26(32)34-5/h7-16,19,22-25H,6,17-18H2,1-5H3/t19-,22+,23-,24+,25+/m0/s1. The summed E-state index contributed by atoms with van der Waals surface area (Å²) >= 11 is 0. The Bertz CT molecular complexity index is 1050. The Labute approximate surface area is 222 Å². The summed E-state index contributed by atoms with van der Waals surface area (Å²) in [5.74, 6) is -6.95. The molecule has 0 spiro atoms. The average molecular weight is 535 g/mol. The molecule has 7 nitrogen and oxygen atoms in total. The molecule has 5 atom stereocenters. The van der Waals surface area contributed by atoms with Crippen LogP contribution in [0.1, 0.15) is 45.2 Å². The summed E-state index contributed by atoms with van der Waals surface area (Å²) in [6.07, 6.45) is -3.94. The van der Waals surface area contributed by atoms with E-state index in [1.54, 1.807) is 0 Å². The van der Waals surface area contributed by atoms with Gasteiger partial charge in [-0.15, -0.1) is 0 Å². The normalized spacial score (nSPS) is 24.0. The minimum absolute atomic E-state index is 0.0402. The van der Waals surface area contributed by atoms with Crippen LogP contribution in [0.2, 0.25) is 0 Å². The minimum Gasteiger partial charge on any atom is -0.461 e. The lowest BCUT2D eigenvalue weighted by atomic mass is 9.81. The van der Waals surface area contributed by atoms with E-state index in [4.69, 9.17) is 18.9 Å². The number of rotatable bonds is 10. The Hall–Kier alpha value is -2.88. The van der Waals surface area contributed by atoms with Gasteiger partial charge in [-0.2, -0.15) is 8.78 Å². The maximum Gasteiger partial charge on any atom is 0.418 e. The second-order valence-corrected chi connectivity index (χ2v) is 9.90. The summed E-state index contributed by atoms with van der Waals surface area (Å²) in [4.78, 5) is 23.7. The first-order chi connectivity index (χ1) is 18.0. The molecule has 9 heteroatoms. The van der Waals surface area contributed by atoms with Gasteiger partial charge in [-0.25, -0.2) is 9.59 Å². The molecule has 0 amide bonds. The molecule has 0 radical (unpaired) electrons. The molecule has 3 rings (SSSR count). The molecule has 1 saturated heterocycles. The maximum atomic E-state index is 16.3. The molecule has 0 aromatic heterocycles. The van der Waals surface area contributed by atoms with Crippen LogP contribution in [0, 0.1) is 5.92 Å². The maximum absolute atomic E-state index is 16.3. The highest BCUT2D eigenvalue weighted by atomic mass is 19.3. The van der Waals surface area contributed by atoms with Gasteiger partial charge >= 0.3 is 17.9 Å². The summed E-state index contributed by atoms with van der Waals surface area (Å²) in [5.41, 5.74) is -0.755. The third kappa shape index (κ3) is 6.76. The largest absolute Gasteiger partial charge is 0.461 e. The summed E-state index contributed by atoms with van der Waals surface area (Å²) in [5, 5.41) is 0. The van der Waals surface area contributed by atoms with Crippen molar-refractivity contribution in [1.82, 2.24) is 0 Å². The van der Waals surface area contributed by atoms with E-state index < -0.39 is 47.9 Å². The number of carbonyl (C=O) groups excluding carboxylic acids is 2. The molecule has 208 valence electrons. The van der Waals surface area contributed by atoms with Crippen LogP contribution in [0.5, 0.6) is 0 Å². The van der Waals surface area contributed by atoms with Gasteiger partial charge in [0.15, 0.2) is 11.7 Å².